The number of carbonyl (C=O) groups is 1. The zero-order chi connectivity index (χ0) is 24.5. The Labute approximate surface area is 213 Å². The molecule has 2 aromatic carbocycles. The molecule has 2 aliphatic heterocycles. The fraction of sp³-hybridized carbons (Fsp3) is 0.519. The average molecular weight is 502 g/mol. The Morgan fingerprint density at radius 3 is 2.57 bits per heavy atom. The van der Waals surface area contributed by atoms with Crippen LogP contribution >= 0.6 is 11.6 Å². The molecule has 190 valence electrons. The SMILES string of the molecule is NC(=O)CC1(COc2cccc(Cl)c2)CN(Cc2cccc(OCCCN3CCCC3)c2)CCO1. The van der Waals surface area contributed by atoms with E-state index in [4.69, 9.17) is 31.5 Å². The standard InChI is InChI=1S/C27H36ClN3O4/c28-23-7-4-9-25(17-23)34-21-27(18-26(29)32)20-31(13-15-35-27)19-22-6-3-8-24(16-22)33-14-5-12-30-10-1-2-11-30/h3-4,6-9,16-17H,1-2,5,10-15,18-21H2,(H2,29,32). The first kappa shape index (κ1) is 25.8. The zero-order valence-corrected chi connectivity index (χ0v) is 21.0. The first-order valence-electron chi connectivity index (χ1n) is 12.5. The van der Waals surface area contributed by atoms with Gasteiger partial charge in [-0.3, -0.25) is 9.69 Å². The summed E-state index contributed by atoms with van der Waals surface area (Å²) in [5.41, 5.74) is 5.93. The van der Waals surface area contributed by atoms with Crippen LogP contribution in [0.15, 0.2) is 48.5 Å². The second-order valence-electron chi connectivity index (χ2n) is 9.53. The van der Waals surface area contributed by atoms with E-state index in [1.165, 1.54) is 25.9 Å². The number of nitrogens with two attached hydrogens (primary N) is 1. The van der Waals surface area contributed by atoms with Gasteiger partial charge in [0.15, 0.2) is 0 Å². The van der Waals surface area contributed by atoms with Crippen molar-refractivity contribution in [2.45, 2.75) is 37.8 Å². The van der Waals surface area contributed by atoms with E-state index < -0.39 is 11.5 Å². The largest absolute Gasteiger partial charge is 0.494 e. The van der Waals surface area contributed by atoms with Crippen LogP contribution in [0.25, 0.3) is 0 Å². The van der Waals surface area contributed by atoms with E-state index >= 15 is 0 Å². The summed E-state index contributed by atoms with van der Waals surface area (Å²) in [6, 6.07) is 15.4. The molecule has 1 amide bonds. The van der Waals surface area contributed by atoms with E-state index in [-0.39, 0.29) is 13.0 Å². The Balaban J connectivity index is 1.32. The van der Waals surface area contributed by atoms with Crippen LogP contribution in [-0.4, -0.2) is 73.9 Å². The molecule has 2 aromatic rings. The summed E-state index contributed by atoms with van der Waals surface area (Å²) >= 11 is 6.08. The molecule has 0 spiro atoms. The normalized spacial score (nSPS) is 21.2. The highest BCUT2D eigenvalue weighted by Gasteiger charge is 2.39. The number of morpholine rings is 1. The van der Waals surface area contributed by atoms with Crippen molar-refractivity contribution < 1.29 is 19.0 Å². The highest BCUT2D eigenvalue weighted by molar-refractivity contribution is 6.30. The number of primary amides is 1. The number of carbonyl (C=O) groups excluding carboxylic acids is 1. The monoisotopic (exact) mass is 501 g/mol. The van der Waals surface area contributed by atoms with Crippen LogP contribution in [0.4, 0.5) is 0 Å². The van der Waals surface area contributed by atoms with E-state index in [2.05, 4.69) is 21.9 Å². The van der Waals surface area contributed by atoms with Gasteiger partial charge in [-0.05, 0) is 68.2 Å². The lowest BCUT2D eigenvalue weighted by Crippen LogP contribution is -2.56. The third kappa shape index (κ3) is 8.10. The molecule has 0 radical (unpaired) electrons. The minimum absolute atomic E-state index is 0.0875. The van der Waals surface area contributed by atoms with Crippen molar-refractivity contribution in [1.29, 1.82) is 0 Å². The van der Waals surface area contributed by atoms with E-state index in [1.54, 1.807) is 12.1 Å². The highest BCUT2D eigenvalue weighted by Crippen LogP contribution is 2.27. The summed E-state index contributed by atoms with van der Waals surface area (Å²) in [6.45, 7) is 7.01. The lowest BCUT2D eigenvalue weighted by atomic mass is 9.97. The quantitative estimate of drug-likeness (QED) is 0.446. The topological polar surface area (TPSA) is 77.3 Å². The van der Waals surface area contributed by atoms with Gasteiger partial charge in [-0.2, -0.15) is 0 Å². The minimum atomic E-state index is -0.809. The van der Waals surface area contributed by atoms with Gasteiger partial charge >= 0.3 is 0 Å². The molecule has 0 aromatic heterocycles. The highest BCUT2D eigenvalue weighted by atomic mass is 35.5. The molecule has 0 aliphatic carbocycles. The summed E-state index contributed by atoms with van der Waals surface area (Å²) in [5, 5.41) is 0.593. The van der Waals surface area contributed by atoms with E-state index in [0.29, 0.717) is 23.9 Å². The minimum Gasteiger partial charge on any atom is -0.494 e. The number of likely N-dealkylation sites (tertiary alicyclic amines) is 1. The molecule has 4 rings (SSSR count). The van der Waals surface area contributed by atoms with Crippen molar-refractivity contribution in [1.82, 2.24) is 9.80 Å². The van der Waals surface area contributed by atoms with Gasteiger partial charge in [0.25, 0.3) is 0 Å². The van der Waals surface area contributed by atoms with Crippen LogP contribution in [0.3, 0.4) is 0 Å². The van der Waals surface area contributed by atoms with Crippen LogP contribution in [-0.2, 0) is 16.1 Å². The van der Waals surface area contributed by atoms with Gasteiger partial charge in [0.2, 0.25) is 5.91 Å². The number of nitrogens with zero attached hydrogens (tertiary/aromatic N) is 2. The Bertz CT molecular complexity index is 969. The van der Waals surface area contributed by atoms with Gasteiger partial charge < -0.3 is 24.8 Å². The Hall–Kier alpha value is -2.32. The molecule has 0 saturated carbocycles. The number of hydrogen-bond acceptors (Lipinski definition) is 6. The molecule has 7 nitrogen and oxygen atoms in total. The summed E-state index contributed by atoms with van der Waals surface area (Å²) in [6.07, 6.45) is 3.76. The van der Waals surface area contributed by atoms with Crippen LogP contribution < -0.4 is 15.2 Å². The molecule has 2 fully saturated rings. The second-order valence-corrected chi connectivity index (χ2v) is 9.97. The number of hydrogen-bond donors (Lipinski definition) is 1. The van der Waals surface area contributed by atoms with Gasteiger partial charge in [-0.25, -0.2) is 0 Å². The van der Waals surface area contributed by atoms with Crippen molar-refractivity contribution in [2.24, 2.45) is 5.73 Å². The average Bonchev–Trinajstić information content (AvgIpc) is 3.34. The van der Waals surface area contributed by atoms with Gasteiger partial charge in [0.1, 0.15) is 23.7 Å². The van der Waals surface area contributed by atoms with E-state index in [0.717, 1.165) is 44.0 Å². The lowest BCUT2D eigenvalue weighted by molar-refractivity contribution is -0.148. The van der Waals surface area contributed by atoms with Crippen molar-refractivity contribution in [3.63, 3.8) is 0 Å². The molecule has 2 saturated heterocycles. The lowest BCUT2D eigenvalue weighted by Gasteiger charge is -2.42. The van der Waals surface area contributed by atoms with Gasteiger partial charge in [0, 0.05) is 31.2 Å². The molecule has 0 bridgehead atoms. The third-order valence-corrected chi connectivity index (χ3v) is 6.75. The summed E-state index contributed by atoms with van der Waals surface area (Å²) in [7, 11) is 0. The molecule has 2 aliphatic rings. The van der Waals surface area contributed by atoms with Crippen LogP contribution in [0.5, 0.6) is 11.5 Å². The molecule has 1 atom stereocenters. The number of halogens is 1. The number of amides is 1. The van der Waals surface area contributed by atoms with Crippen molar-refractivity contribution in [3.05, 3.63) is 59.1 Å². The smallest absolute Gasteiger partial charge is 0.220 e. The van der Waals surface area contributed by atoms with Crippen molar-refractivity contribution in [2.75, 3.05) is 52.5 Å². The zero-order valence-electron chi connectivity index (χ0n) is 20.3. The summed E-state index contributed by atoms with van der Waals surface area (Å²) < 4.78 is 18.1. The number of rotatable bonds is 12. The molecular weight excluding hydrogens is 466 g/mol. The van der Waals surface area contributed by atoms with Gasteiger partial charge in [-0.1, -0.05) is 29.8 Å². The van der Waals surface area contributed by atoms with E-state index in [9.17, 15) is 4.79 Å². The molecule has 2 N–H and O–H groups in total. The summed E-state index contributed by atoms with van der Waals surface area (Å²) in [4.78, 5) is 16.7. The summed E-state index contributed by atoms with van der Waals surface area (Å²) in [5.74, 6) is 1.12. The van der Waals surface area contributed by atoms with Crippen molar-refractivity contribution in [3.8, 4) is 11.5 Å². The van der Waals surface area contributed by atoms with Crippen molar-refractivity contribution >= 4 is 17.5 Å². The first-order chi connectivity index (χ1) is 17.0. The van der Waals surface area contributed by atoms with Crippen LogP contribution in [0.1, 0.15) is 31.2 Å². The fourth-order valence-electron chi connectivity index (χ4n) is 4.87. The maximum Gasteiger partial charge on any atom is 0.220 e. The molecule has 1 unspecified atom stereocenters. The Kier molecular flexibility index (Phi) is 9.26. The van der Waals surface area contributed by atoms with Gasteiger partial charge in [-0.15, -0.1) is 0 Å². The maximum absolute atomic E-state index is 11.9. The predicted octanol–water partition coefficient (Wildman–Crippen LogP) is 3.73. The third-order valence-electron chi connectivity index (χ3n) is 6.51. The predicted molar refractivity (Wildman–Crippen MR) is 137 cm³/mol. The second kappa shape index (κ2) is 12.6. The Morgan fingerprint density at radius 2 is 1.80 bits per heavy atom. The van der Waals surface area contributed by atoms with Crippen LogP contribution in [0.2, 0.25) is 5.02 Å². The first-order valence-corrected chi connectivity index (χ1v) is 12.8. The molecule has 35 heavy (non-hydrogen) atoms. The van der Waals surface area contributed by atoms with Crippen LogP contribution in [0, 0.1) is 0 Å². The maximum atomic E-state index is 11.9. The number of ether oxygens (including phenoxy) is 3. The molecule has 8 heteroatoms. The number of benzene rings is 2. The van der Waals surface area contributed by atoms with E-state index in [1.807, 2.05) is 24.3 Å². The Morgan fingerprint density at radius 1 is 1.03 bits per heavy atom. The molecule has 2 heterocycles. The molecular formula is C27H36ClN3O4. The fourth-order valence-corrected chi connectivity index (χ4v) is 5.05. The van der Waals surface area contributed by atoms with Gasteiger partial charge in [0.05, 0.1) is 19.6 Å².